The molecule has 0 atom stereocenters. The molecule has 0 fully saturated rings. The van der Waals surface area contributed by atoms with Crippen molar-refractivity contribution in [1.82, 2.24) is 0 Å². The van der Waals surface area contributed by atoms with Crippen LogP contribution in [0.25, 0.3) is 10.8 Å². The van der Waals surface area contributed by atoms with Gasteiger partial charge < -0.3 is 15.3 Å². The Hall–Kier alpha value is -1.91. The molecule has 0 bridgehead atoms. The van der Waals surface area contributed by atoms with Gasteiger partial charge in [-0.1, -0.05) is 30.3 Å². The van der Waals surface area contributed by atoms with E-state index in [2.05, 4.69) is 0 Å². The predicted molar refractivity (Wildman–Crippen MR) is 72.5 cm³/mol. The van der Waals surface area contributed by atoms with Crippen molar-refractivity contribution in [2.45, 2.75) is 12.8 Å². The second-order valence-electron chi connectivity index (χ2n) is 4.41. The topological polar surface area (TPSA) is 77.8 Å². The fraction of sp³-hybridized carbons (Fsp3) is 0.267. The quantitative estimate of drug-likeness (QED) is 0.763. The molecule has 0 radical (unpaired) electrons. The van der Waals surface area contributed by atoms with Crippen LogP contribution in [0, 0.1) is 0 Å². The Morgan fingerprint density at radius 3 is 2.37 bits per heavy atom. The molecular formula is C15H16O4. The lowest BCUT2D eigenvalue weighted by Crippen LogP contribution is -2.05. The predicted octanol–water partition coefficient (Wildman–Crippen LogP) is 1.61. The summed E-state index contributed by atoms with van der Waals surface area (Å²) in [4.78, 5) is 11.4. The molecule has 0 amide bonds. The molecular weight excluding hydrogens is 244 g/mol. The Bertz CT molecular complexity index is 604. The number of carboxylic acid groups (broad SMARTS) is 1. The SMILES string of the molecule is O=C(O)c1c(CCO)ccc2cc(CCO)ccc12. The van der Waals surface area contributed by atoms with Crippen LogP contribution in [0.15, 0.2) is 30.3 Å². The lowest BCUT2D eigenvalue weighted by Gasteiger charge is -2.10. The maximum Gasteiger partial charge on any atom is 0.336 e. The van der Waals surface area contributed by atoms with Crippen LogP contribution in [0.3, 0.4) is 0 Å². The molecule has 0 aromatic heterocycles. The maximum atomic E-state index is 11.4. The van der Waals surface area contributed by atoms with E-state index in [1.807, 2.05) is 18.2 Å². The molecule has 0 aliphatic rings. The Labute approximate surface area is 110 Å². The number of hydrogen-bond acceptors (Lipinski definition) is 3. The third-order valence-corrected chi connectivity index (χ3v) is 3.17. The number of hydrogen-bond donors (Lipinski definition) is 3. The van der Waals surface area contributed by atoms with Gasteiger partial charge in [0.2, 0.25) is 0 Å². The van der Waals surface area contributed by atoms with Gasteiger partial charge in [0.15, 0.2) is 0 Å². The molecule has 0 saturated heterocycles. The Morgan fingerprint density at radius 1 is 1.00 bits per heavy atom. The summed E-state index contributed by atoms with van der Waals surface area (Å²) in [7, 11) is 0. The van der Waals surface area contributed by atoms with Crippen molar-refractivity contribution in [3.05, 3.63) is 47.0 Å². The molecule has 2 aromatic carbocycles. The average molecular weight is 260 g/mol. The number of aliphatic hydroxyl groups is 2. The average Bonchev–Trinajstić information content (AvgIpc) is 2.39. The zero-order valence-electron chi connectivity index (χ0n) is 10.5. The van der Waals surface area contributed by atoms with Crippen LogP contribution >= 0.6 is 0 Å². The van der Waals surface area contributed by atoms with E-state index in [0.717, 1.165) is 10.9 Å². The van der Waals surface area contributed by atoms with Crippen molar-refractivity contribution in [3.63, 3.8) is 0 Å². The van der Waals surface area contributed by atoms with Crippen LogP contribution in [0.5, 0.6) is 0 Å². The number of carboxylic acids is 1. The van der Waals surface area contributed by atoms with Crippen LogP contribution < -0.4 is 0 Å². The largest absolute Gasteiger partial charge is 0.478 e. The van der Waals surface area contributed by atoms with Crippen LogP contribution in [0.1, 0.15) is 21.5 Å². The summed E-state index contributed by atoms with van der Waals surface area (Å²) in [6.07, 6.45) is 0.882. The summed E-state index contributed by atoms with van der Waals surface area (Å²) in [5.41, 5.74) is 1.86. The lowest BCUT2D eigenvalue weighted by atomic mass is 9.95. The Kier molecular flexibility index (Phi) is 4.14. The molecule has 0 unspecified atom stereocenters. The van der Waals surface area contributed by atoms with Gasteiger partial charge in [-0.15, -0.1) is 0 Å². The van der Waals surface area contributed by atoms with Gasteiger partial charge in [0.1, 0.15) is 0 Å². The van der Waals surface area contributed by atoms with Crippen LogP contribution in [0.2, 0.25) is 0 Å². The summed E-state index contributed by atoms with van der Waals surface area (Å²) in [6.45, 7) is -0.00568. The molecule has 100 valence electrons. The molecule has 0 aliphatic carbocycles. The maximum absolute atomic E-state index is 11.4. The Morgan fingerprint density at radius 2 is 1.74 bits per heavy atom. The summed E-state index contributed by atoms with van der Waals surface area (Å²) in [6, 6.07) is 9.08. The standard InChI is InChI=1S/C15H16O4/c16-7-5-10-1-4-13-12(9-10)3-2-11(6-8-17)14(13)15(18)19/h1-4,9,16-17H,5-8H2,(H,18,19). The van der Waals surface area contributed by atoms with Gasteiger partial charge in [0.05, 0.1) is 5.56 Å². The fourth-order valence-corrected chi connectivity index (χ4v) is 2.29. The number of aromatic carboxylic acids is 1. The number of benzene rings is 2. The molecule has 0 aliphatic heterocycles. The van der Waals surface area contributed by atoms with Crippen molar-refractivity contribution in [2.75, 3.05) is 13.2 Å². The van der Waals surface area contributed by atoms with Crippen molar-refractivity contribution >= 4 is 16.7 Å². The molecule has 0 heterocycles. The minimum absolute atomic E-state index is 0.0693. The van der Waals surface area contributed by atoms with E-state index in [1.54, 1.807) is 12.1 Å². The van der Waals surface area contributed by atoms with E-state index in [1.165, 1.54) is 0 Å². The number of fused-ring (bicyclic) bond motifs is 1. The molecule has 4 heteroatoms. The van der Waals surface area contributed by atoms with Crippen molar-refractivity contribution < 1.29 is 20.1 Å². The number of aliphatic hydroxyl groups excluding tert-OH is 2. The minimum Gasteiger partial charge on any atom is -0.478 e. The first-order valence-electron chi connectivity index (χ1n) is 6.17. The van der Waals surface area contributed by atoms with Crippen LogP contribution in [-0.4, -0.2) is 34.5 Å². The van der Waals surface area contributed by atoms with E-state index in [4.69, 9.17) is 10.2 Å². The van der Waals surface area contributed by atoms with Crippen molar-refractivity contribution in [3.8, 4) is 0 Å². The lowest BCUT2D eigenvalue weighted by molar-refractivity contribution is 0.0697. The second-order valence-corrected chi connectivity index (χ2v) is 4.41. The first-order valence-corrected chi connectivity index (χ1v) is 6.17. The van der Waals surface area contributed by atoms with Gasteiger partial charge >= 0.3 is 5.97 Å². The van der Waals surface area contributed by atoms with Gasteiger partial charge in [-0.25, -0.2) is 4.79 Å². The number of rotatable bonds is 5. The zero-order chi connectivity index (χ0) is 13.8. The highest BCUT2D eigenvalue weighted by Gasteiger charge is 2.14. The second kappa shape index (κ2) is 5.82. The molecule has 2 aromatic rings. The highest BCUT2D eigenvalue weighted by molar-refractivity contribution is 6.05. The van der Waals surface area contributed by atoms with E-state index < -0.39 is 5.97 Å². The molecule has 0 saturated carbocycles. The number of carbonyl (C=O) groups is 1. The highest BCUT2D eigenvalue weighted by atomic mass is 16.4. The van der Waals surface area contributed by atoms with Gasteiger partial charge in [0.25, 0.3) is 0 Å². The van der Waals surface area contributed by atoms with Crippen molar-refractivity contribution in [1.29, 1.82) is 0 Å². The van der Waals surface area contributed by atoms with E-state index in [9.17, 15) is 9.90 Å². The van der Waals surface area contributed by atoms with Gasteiger partial charge in [0, 0.05) is 13.2 Å². The van der Waals surface area contributed by atoms with Gasteiger partial charge in [-0.05, 0) is 34.7 Å². The summed E-state index contributed by atoms with van der Waals surface area (Å²) >= 11 is 0. The molecule has 3 N–H and O–H groups in total. The van der Waals surface area contributed by atoms with E-state index >= 15 is 0 Å². The van der Waals surface area contributed by atoms with E-state index in [-0.39, 0.29) is 18.8 Å². The first kappa shape index (κ1) is 13.5. The van der Waals surface area contributed by atoms with Crippen molar-refractivity contribution in [2.24, 2.45) is 0 Å². The highest BCUT2D eigenvalue weighted by Crippen LogP contribution is 2.24. The molecule has 2 rings (SSSR count). The monoisotopic (exact) mass is 260 g/mol. The van der Waals surface area contributed by atoms with Crippen LogP contribution in [-0.2, 0) is 12.8 Å². The third-order valence-electron chi connectivity index (χ3n) is 3.17. The minimum atomic E-state index is -0.982. The summed E-state index contributed by atoms with van der Waals surface area (Å²) in [5, 5.41) is 28.8. The Balaban J connectivity index is 2.61. The fourth-order valence-electron chi connectivity index (χ4n) is 2.29. The molecule has 19 heavy (non-hydrogen) atoms. The summed E-state index contributed by atoms with van der Waals surface area (Å²) in [5.74, 6) is -0.982. The molecule has 4 nitrogen and oxygen atoms in total. The summed E-state index contributed by atoms with van der Waals surface area (Å²) < 4.78 is 0. The van der Waals surface area contributed by atoms with E-state index in [0.29, 0.717) is 23.8 Å². The van der Waals surface area contributed by atoms with Gasteiger partial charge in [-0.3, -0.25) is 0 Å². The normalized spacial score (nSPS) is 10.8. The third kappa shape index (κ3) is 2.75. The first-order chi connectivity index (χ1) is 9.17. The molecule has 0 spiro atoms. The van der Waals surface area contributed by atoms with Crippen LogP contribution in [0.4, 0.5) is 0 Å². The van der Waals surface area contributed by atoms with Gasteiger partial charge in [-0.2, -0.15) is 0 Å². The smallest absolute Gasteiger partial charge is 0.336 e. The zero-order valence-corrected chi connectivity index (χ0v) is 10.5.